The lowest BCUT2D eigenvalue weighted by molar-refractivity contribution is 0.0659. The van der Waals surface area contributed by atoms with E-state index >= 15 is 0 Å². The Hall–Kier alpha value is -1.33. The highest BCUT2D eigenvalue weighted by atomic mass is 16.4. The highest BCUT2D eigenvalue weighted by Gasteiger charge is 2.19. The first-order valence-electron chi connectivity index (χ1n) is 6.15. The van der Waals surface area contributed by atoms with E-state index in [-0.39, 0.29) is 24.5 Å². The molecule has 0 aromatic carbocycles. The lowest BCUT2D eigenvalue weighted by Gasteiger charge is -2.24. The largest absolute Gasteiger partial charge is 0.475 e. The average molecular weight is 255 g/mol. The zero-order valence-corrected chi connectivity index (χ0v) is 11.0. The number of carbonyl (C=O) groups is 1. The Balaban J connectivity index is 2.67. The van der Waals surface area contributed by atoms with Crippen LogP contribution in [0.25, 0.3) is 0 Å². The lowest BCUT2D eigenvalue weighted by Crippen LogP contribution is -2.36. The predicted octanol–water partition coefficient (Wildman–Crippen LogP) is 2.04. The van der Waals surface area contributed by atoms with Gasteiger partial charge in [-0.1, -0.05) is 13.8 Å². The van der Waals surface area contributed by atoms with Crippen LogP contribution in [0.2, 0.25) is 0 Å². The van der Waals surface area contributed by atoms with Crippen molar-refractivity contribution in [3.8, 4) is 0 Å². The highest BCUT2D eigenvalue weighted by molar-refractivity contribution is 5.84. The van der Waals surface area contributed by atoms with Crippen LogP contribution in [-0.2, 0) is 0 Å². The quantitative estimate of drug-likeness (QED) is 0.694. The van der Waals surface area contributed by atoms with Gasteiger partial charge in [0.05, 0.1) is 6.04 Å². The average Bonchev–Trinajstić information content (AvgIpc) is 2.77. The molecule has 3 N–H and O–H groups in total. The number of aliphatic hydroxyl groups excluding tert-OH is 1. The van der Waals surface area contributed by atoms with Crippen molar-refractivity contribution in [1.82, 2.24) is 5.32 Å². The molecule has 0 saturated heterocycles. The van der Waals surface area contributed by atoms with E-state index in [9.17, 15) is 4.79 Å². The number of carboxylic acid groups (broad SMARTS) is 1. The number of hydrogen-bond acceptors (Lipinski definition) is 4. The summed E-state index contributed by atoms with van der Waals surface area (Å²) in [4.78, 5) is 10.7. The van der Waals surface area contributed by atoms with Crippen molar-refractivity contribution in [3.05, 3.63) is 23.7 Å². The van der Waals surface area contributed by atoms with E-state index < -0.39 is 5.97 Å². The Morgan fingerprint density at radius 2 is 2.06 bits per heavy atom. The molecule has 0 saturated carbocycles. The van der Waals surface area contributed by atoms with Crippen LogP contribution in [0.1, 0.15) is 49.5 Å². The van der Waals surface area contributed by atoms with Gasteiger partial charge in [0.1, 0.15) is 5.76 Å². The van der Waals surface area contributed by atoms with Gasteiger partial charge in [0.25, 0.3) is 0 Å². The number of aromatic carboxylic acids is 1. The minimum atomic E-state index is -1.07. The summed E-state index contributed by atoms with van der Waals surface area (Å²) in [6.45, 7) is 6.19. The molecule has 102 valence electrons. The Bertz CT molecular complexity index is 386. The smallest absolute Gasteiger partial charge is 0.371 e. The van der Waals surface area contributed by atoms with Gasteiger partial charge < -0.3 is 19.9 Å². The van der Waals surface area contributed by atoms with Crippen molar-refractivity contribution in [2.75, 3.05) is 6.61 Å². The minimum Gasteiger partial charge on any atom is -0.475 e. The van der Waals surface area contributed by atoms with E-state index in [0.717, 1.165) is 0 Å². The maximum absolute atomic E-state index is 10.7. The maximum Gasteiger partial charge on any atom is 0.371 e. The van der Waals surface area contributed by atoms with Crippen LogP contribution in [0.15, 0.2) is 16.5 Å². The van der Waals surface area contributed by atoms with Gasteiger partial charge in [-0.15, -0.1) is 0 Å². The molecule has 0 aliphatic rings. The van der Waals surface area contributed by atoms with Gasteiger partial charge in [0.15, 0.2) is 0 Å². The van der Waals surface area contributed by atoms with Crippen LogP contribution in [0, 0.1) is 5.92 Å². The SMILES string of the molecule is CC(NC(CCO)C(C)C)c1ccc(C(=O)O)o1. The van der Waals surface area contributed by atoms with Gasteiger partial charge in [0, 0.05) is 12.6 Å². The molecule has 2 unspecified atom stereocenters. The normalized spacial score (nSPS) is 14.7. The van der Waals surface area contributed by atoms with Crippen LogP contribution in [0.4, 0.5) is 0 Å². The summed E-state index contributed by atoms with van der Waals surface area (Å²) in [5, 5.41) is 21.1. The Morgan fingerprint density at radius 1 is 1.39 bits per heavy atom. The third-order valence-corrected chi connectivity index (χ3v) is 2.97. The molecule has 0 bridgehead atoms. The second-order valence-electron chi connectivity index (χ2n) is 4.76. The molecule has 1 heterocycles. The molecule has 5 heteroatoms. The third-order valence-electron chi connectivity index (χ3n) is 2.97. The summed E-state index contributed by atoms with van der Waals surface area (Å²) in [7, 11) is 0. The summed E-state index contributed by atoms with van der Waals surface area (Å²) < 4.78 is 5.24. The number of carboxylic acids is 1. The Kier molecular flexibility index (Phi) is 5.37. The standard InChI is InChI=1S/C13H21NO4/c1-8(2)10(6-7-15)14-9(3)11-4-5-12(18-11)13(16)17/h4-5,8-10,14-15H,6-7H2,1-3H3,(H,16,17). The summed E-state index contributed by atoms with van der Waals surface area (Å²) in [6.07, 6.45) is 0.661. The van der Waals surface area contributed by atoms with Gasteiger partial charge >= 0.3 is 5.97 Å². The van der Waals surface area contributed by atoms with E-state index in [1.165, 1.54) is 6.07 Å². The van der Waals surface area contributed by atoms with Crippen molar-refractivity contribution in [2.24, 2.45) is 5.92 Å². The topological polar surface area (TPSA) is 82.7 Å². The first-order chi connectivity index (χ1) is 8.45. The summed E-state index contributed by atoms with van der Waals surface area (Å²) in [6, 6.07) is 3.20. The molecule has 18 heavy (non-hydrogen) atoms. The van der Waals surface area contributed by atoms with Crippen LogP contribution in [0.5, 0.6) is 0 Å². The van der Waals surface area contributed by atoms with E-state index in [1.807, 2.05) is 6.92 Å². The maximum atomic E-state index is 10.7. The molecule has 0 radical (unpaired) electrons. The first-order valence-corrected chi connectivity index (χ1v) is 6.15. The molecule has 0 aliphatic carbocycles. The zero-order valence-electron chi connectivity index (χ0n) is 11.0. The molecule has 2 atom stereocenters. The summed E-state index contributed by atoms with van der Waals surface area (Å²) in [5.41, 5.74) is 0. The minimum absolute atomic E-state index is 0.0538. The summed E-state index contributed by atoms with van der Waals surface area (Å²) >= 11 is 0. The molecule has 1 rings (SSSR count). The van der Waals surface area contributed by atoms with Gasteiger partial charge in [-0.3, -0.25) is 0 Å². The number of nitrogens with one attached hydrogen (secondary N) is 1. The van der Waals surface area contributed by atoms with Crippen molar-refractivity contribution in [1.29, 1.82) is 0 Å². The van der Waals surface area contributed by atoms with E-state index in [0.29, 0.717) is 18.1 Å². The second kappa shape index (κ2) is 6.56. The lowest BCUT2D eigenvalue weighted by atomic mass is 10.00. The Morgan fingerprint density at radius 3 is 2.50 bits per heavy atom. The fourth-order valence-corrected chi connectivity index (χ4v) is 1.85. The molecule has 0 aliphatic heterocycles. The van der Waals surface area contributed by atoms with Gasteiger partial charge in [-0.05, 0) is 31.4 Å². The highest BCUT2D eigenvalue weighted by Crippen LogP contribution is 2.19. The van der Waals surface area contributed by atoms with Crippen molar-refractivity contribution in [2.45, 2.75) is 39.3 Å². The fourth-order valence-electron chi connectivity index (χ4n) is 1.85. The molecular weight excluding hydrogens is 234 g/mol. The third kappa shape index (κ3) is 3.85. The number of hydrogen-bond donors (Lipinski definition) is 3. The zero-order chi connectivity index (χ0) is 13.7. The van der Waals surface area contributed by atoms with Crippen LogP contribution in [0.3, 0.4) is 0 Å². The van der Waals surface area contributed by atoms with Crippen LogP contribution in [-0.4, -0.2) is 28.8 Å². The van der Waals surface area contributed by atoms with Gasteiger partial charge in [0.2, 0.25) is 5.76 Å². The molecule has 0 spiro atoms. The van der Waals surface area contributed by atoms with Crippen LogP contribution >= 0.6 is 0 Å². The monoisotopic (exact) mass is 255 g/mol. The summed E-state index contributed by atoms with van der Waals surface area (Å²) in [5.74, 6) is -0.143. The van der Waals surface area contributed by atoms with E-state index in [4.69, 9.17) is 14.6 Å². The molecule has 1 aromatic heterocycles. The van der Waals surface area contributed by atoms with Gasteiger partial charge in [-0.25, -0.2) is 4.79 Å². The Labute approximate surface area is 107 Å². The molecular formula is C13H21NO4. The van der Waals surface area contributed by atoms with Gasteiger partial charge in [-0.2, -0.15) is 0 Å². The van der Waals surface area contributed by atoms with Crippen molar-refractivity contribution < 1.29 is 19.4 Å². The van der Waals surface area contributed by atoms with Crippen LogP contribution < -0.4 is 5.32 Å². The van der Waals surface area contributed by atoms with E-state index in [1.54, 1.807) is 6.07 Å². The second-order valence-corrected chi connectivity index (χ2v) is 4.76. The molecule has 0 amide bonds. The number of aliphatic hydroxyl groups is 1. The van der Waals surface area contributed by atoms with E-state index in [2.05, 4.69) is 19.2 Å². The van der Waals surface area contributed by atoms with Crippen molar-refractivity contribution in [3.63, 3.8) is 0 Å². The molecule has 0 fully saturated rings. The molecule has 5 nitrogen and oxygen atoms in total. The van der Waals surface area contributed by atoms with Crippen molar-refractivity contribution >= 4 is 5.97 Å². The number of furan rings is 1. The first kappa shape index (κ1) is 14.7. The fraction of sp³-hybridized carbons (Fsp3) is 0.615. The number of rotatable bonds is 7. The predicted molar refractivity (Wildman–Crippen MR) is 67.5 cm³/mol. The molecule has 1 aromatic rings.